The average molecular weight is 309 g/mol. The maximum absolute atomic E-state index is 3.89. The van der Waals surface area contributed by atoms with E-state index in [2.05, 4.69) is 48.5 Å². The van der Waals surface area contributed by atoms with Crippen molar-refractivity contribution >= 4 is 15.9 Å². The zero-order valence-electron chi connectivity index (χ0n) is 11.9. The van der Waals surface area contributed by atoms with E-state index >= 15 is 0 Å². The Hall–Kier alpha value is 0. The molecule has 0 aromatic heterocycles. The summed E-state index contributed by atoms with van der Waals surface area (Å²) in [5, 5.41) is 0. The van der Waals surface area contributed by atoms with E-state index in [1.54, 1.807) is 0 Å². The van der Waals surface area contributed by atoms with E-state index in [9.17, 15) is 0 Å². The Balaban J connectivity index is 1.89. The Morgan fingerprint density at radius 1 is 1.06 bits per heavy atom. The van der Waals surface area contributed by atoms with Crippen molar-refractivity contribution in [3.05, 3.63) is 16.3 Å². The molecule has 0 radical (unpaired) electrons. The number of halogens is 1. The van der Waals surface area contributed by atoms with Crippen molar-refractivity contribution in [3.63, 3.8) is 0 Å². The summed E-state index contributed by atoms with van der Waals surface area (Å²) in [6.45, 7) is 6.75. The fourth-order valence-corrected chi connectivity index (χ4v) is 5.41. The lowest BCUT2D eigenvalue weighted by Crippen LogP contribution is -2.46. The molecule has 4 aliphatic carbocycles. The van der Waals surface area contributed by atoms with Crippen molar-refractivity contribution in [1.29, 1.82) is 0 Å². The molecule has 0 heterocycles. The van der Waals surface area contributed by atoms with Crippen molar-refractivity contribution in [2.24, 2.45) is 28.6 Å². The van der Waals surface area contributed by atoms with Gasteiger partial charge >= 0.3 is 0 Å². The Kier molecular flexibility index (Phi) is 3.07. The highest BCUT2D eigenvalue weighted by Crippen LogP contribution is 2.63. The highest BCUT2D eigenvalue weighted by Gasteiger charge is 2.52. The predicted octanol–water partition coefficient (Wildman–Crippen LogP) is 5.68. The molecule has 1 heteroatoms. The van der Waals surface area contributed by atoms with Crippen LogP contribution in [0, 0.1) is 28.6 Å². The first kappa shape index (κ1) is 13.0. The minimum Gasteiger partial charge on any atom is -0.113 e. The first-order valence-corrected chi connectivity index (χ1v) is 8.29. The van der Waals surface area contributed by atoms with Crippen LogP contribution in [0.1, 0.15) is 59.3 Å². The molecule has 0 aromatic rings. The molecular formula is C17H25Br. The third-order valence-electron chi connectivity index (χ3n) is 5.14. The number of hydrogen-bond donors (Lipinski definition) is 0. The highest BCUT2D eigenvalue weighted by molar-refractivity contribution is 9.11. The number of rotatable bonds is 1. The van der Waals surface area contributed by atoms with Crippen molar-refractivity contribution in [2.45, 2.75) is 59.3 Å². The summed E-state index contributed by atoms with van der Waals surface area (Å²) in [6.07, 6.45) is 11.1. The average Bonchev–Trinajstić information content (AvgIpc) is 2.22. The van der Waals surface area contributed by atoms with Gasteiger partial charge in [0.1, 0.15) is 0 Å². The lowest BCUT2D eigenvalue weighted by Gasteiger charge is -2.56. The van der Waals surface area contributed by atoms with Crippen LogP contribution in [0.4, 0.5) is 0 Å². The summed E-state index contributed by atoms with van der Waals surface area (Å²) < 4.78 is 1.38. The molecule has 4 fully saturated rings. The van der Waals surface area contributed by atoms with Crippen LogP contribution in [0.2, 0.25) is 0 Å². The Morgan fingerprint density at radius 2 is 1.50 bits per heavy atom. The molecule has 0 N–H and O–H groups in total. The van der Waals surface area contributed by atoms with Crippen molar-refractivity contribution in [3.8, 4) is 0 Å². The quantitative estimate of drug-likeness (QED) is 0.546. The lowest BCUT2D eigenvalue weighted by molar-refractivity contribution is -0.0253. The van der Waals surface area contributed by atoms with E-state index < -0.39 is 0 Å². The maximum Gasteiger partial charge on any atom is 0.0427 e. The third-order valence-corrected chi connectivity index (χ3v) is 6.21. The van der Waals surface area contributed by atoms with Crippen LogP contribution in [-0.4, -0.2) is 0 Å². The summed E-state index contributed by atoms with van der Waals surface area (Å²) in [5.74, 6) is 3.04. The highest BCUT2D eigenvalue weighted by atomic mass is 79.9. The van der Waals surface area contributed by atoms with Crippen LogP contribution in [0.25, 0.3) is 0 Å². The SMILES string of the molecule is CC(C)(C)C=C=C(Br)C12CC3CC(CC(C3)C1)C2. The summed E-state index contributed by atoms with van der Waals surface area (Å²) in [4.78, 5) is 0. The van der Waals surface area contributed by atoms with E-state index in [-0.39, 0.29) is 5.41 Å². The monoisotopic (exact) mass is 308 g/mol. The van der Waals surface area contributed by atoms with E-state index in [1.807, 2.05) is 0 Å². The molecule has 0 atom stereocenters. The van der Waals surface area contributed by atoms with E-state index in [1.165, 1.54) is 43.0 Å². The fourth-order valence-electron chi connectivity index (χ4n) is 4.81. The fraction of sp³-hybridized carbons (Fsp3) is 0.824. The van der Waals surface area contributed by atoms with Gasteiger partial charge in [0.2, 0.25) is 0 Å². The van der Waals surface area contributed by atoms with Gasteiger partial charge in [-0.05, 0) is 83.7 Å². The minimum absolute atomic E-state index is 0.237. The maximum atomic E-state index is 3.89. The summed E-state index contributed by atoms with van der Waals surface area (Å²) >= 11 is 3.89. The summed E-state index contributed by atoms with van der Waals surface area (Å²) in [5.41, 5.74) is 4.29. The van der Waals surface area contributed by atoms with Crippen LogP contribution in [0.3, 0.4) is 0 Å². The van der Waals surface area contributed by atoms with Gasteiger partial charge in [0.05, 0.1) is 0 Å². The smallest absolute Gasteiger partial charge is 0.0427 e. The number of allylic oxidation sites excluding steroid dienone is 1. The van der Waals surface area contributed by atoms with Crippen molar-refractivity contribution < 1.29 is 0 Å². The molecule has 0 unspecified atom stereocenters. The number of hydrogen-bond acceptors (Lipinski definition) is 0. The predicted molar refractivity (Wildman–Crippen MR) is 80.6 cm³/mol. The third kappa shape index (κ3) is 2.37. The van der Waals surface area contributed by atoms with Gasteiger partial charge in [0.25, 0.3) is 0 Å². The minimum atomic E-state index is 0.237. The van der Waals surface area contributed by atoms with Gasteiger partial charge in [0, 0.05) is 9.90 Å². The molecule has 0 spiro atoms. The second-order valence-electron chi connectivity index (χ2n) is 8.17. The van der Waals surface area contributed by atoms with Gasteiger partial charge in [-0.25, -0.2) is 0 Å². The first-order chi connectivity index (χ1) is 8.36. The second kappa shape index (κ2) is 4.25. The van der Waals surface area contributed by atoms with Gasteiger partial charge < -0.3 is 0 Å². The summed E-state index contributed by atoms with van der Waals surface area (Å²) in [6, 6.07) is 0. The molecule has 4 rings (SSSR count). The molecule has 0 aliphatic heterocycles. The zero-order chi connectivity index (χ0) is 13.0. The molecule has 4 bridgehead atoms. The van der Waals surface area contributed by atoms with E-state index in [4.69, 9.17) is 0 Å². The molecule has 4 aliphatic rings. The normalized spacial score (nSPS) is 41.7. The van der Waals surface area contributed by atoms with E-state index in [0.29, 0.717) is 5.41 Å². The molecule has 0 amide bonds. The second-order valence-corrected chi connectivity index (χ2v) is 8.96. The molecule has 0 aromatic carbocycles. The first-order valence-electron chi connectivity index (χ1n) is 7.50. The van der Waals surface area contributed by atoms with Crippen LogP contribution >= 0.6 is 15.9 Å². The summed E-state index contributed by atoms with van der Waals surface area (Å²) in [7, 11) is 0. The van der Waals surface area contributed by atoms with Crippen LogP contribution in [0.5, 0.6) is 0 Å². The largest absolute Gasteiger partial charge is 0.113 e. The zero-order valence-corrected chi connectivity index (χ0v) is 13.5. The Labute approximate surface area is 120 Å². The van der Waals surface area contributed by atoms with Crippen molar-refractivity contribution in [1.82, 2.24) is 0 Å². The van der Waals surface area contributed by atoms with Gasteiger partial charge in [0.15, 0.2) is 0 Å². The Bertz CT molecular complexity index is 369. The molecule has 100 valence electrons. The van der Waals surface area contributed by atoms with Gasteiger partial charge in [-0.2, -0.15) is 0 Å². The topological polar surface area (TPSA) is 0 Å². The van der Waals surface area contributed by atoms with Gasteiger partial charge in [-0.3, -0.25) is 0 Å². The lowest BCUT2D eigenvalue weighted by atomic mass is 9.49. The molecular weight excluding hydrogens is 284 g/mol. The van der Waals surface area contributed by atoms with E-state index in [0.717, 1.165) is 17.8 Å². The van der Waals surface area contributed by atoms with Crippen LogP contribution in [0.15, 0.2) is 16.3 Å². The molecule has 0 nitrogen and oxygen atoms in total. The van der Waals surface area contributed by atoms with Crippen molar-refractivity contribution in [2.75, 3.05) is 0 Å². The Morgan fingerprint density at radius 3 is 1.89 bits per heavy atom. The standard InChI is InChI=1S/C17H25Br/c1-16(2,3)5-4-15(18)17-9-12-6-13(10-17)8-14(7-12)11-17/h5,12-14H,6-11H2,1-3H3. The van der Waals surface area contributed by atoms with Gasteiger partial charge in [-0.15, -0.1) is 5.73 Å². The van der Waals surface area contributed by atoms with Crippen LogP contribution in [-0.2, 0) is 0 Å². The van der Waals surface area contributed by atoms with Gasteiger partial charge in [-0.1, -0.05) is 20.8 Å². The molecule has 4 saturated carbocycles. The van der Waals surface area contributed by atoms with Crippen LogP contribution < -0.4 is 0 Å². The molecule has 0 saturated heterocycles. The molecule has 18 heavy (non-hydrogen) atoms.